The van der Waals surface area contributed by atoms with Crippen molar-refractivity contribution in [2.24, 2.45) is 0 Å². The quantitative estimate of drug-likeness (QED) is 0.778. The Balaban J connectivity index is 2.03. The molecule has 1 aromatic rings. The van der Waals surface area contributed by atoms with Crippen LogP contribution in [0, 0.1) is 0 Å². The lowest BCUT2D eigenvalue weighted by Crippen LogP contribution is -2.34. The van der Waals surface area contributed by atoms with Crippen molar-refractivity contribution in [2.75, 3.05) is 49.7 Å². The molecule has 0 aliphatic carbocycles. The van der Waals surface area contributed by atoms with E-state index in [-0.39, 0.29) is 0 Å². The first-order valence-electron chi connectivity index (χ1n) is 6.29. The van der Waals surface area contributed by atoms with Gasteiger partial charge in [-0.3, -0.25) is 0 Å². The second-order valence-electron chi connectivity index (χ2n) is 4.73. The number of thiol groups is 1. The summed E-state index contributed by atoms with van der Waals surface area (Å²) in [5.41, 5.74) is 0. The molecule has 0 saturated carbocycles. The molecule has 0 spiro atoms. The zero-order valence-corrected chi connectivity index (χ0v) is 11.9. The van der Waals surface area contributed by atoms with Gasteiger partial charge in [-0.15, -0.1) is 0 Å². The third kappa shape index (κ3) is 3.26. The minimum absolute atomic E-state index is 0.544. The smallest absolute Gasteiger partial charge is 0.134 e. The molecule has 1 atom stereocenters. The van der Waals surface area contributed by atoms with Crippen LogP contribution in [0.1, 0.15) is 6.42 Å². The zero-order valence-electron chi connectivity index (χ0n) is 11.0. The normalized spacial score (nSPS) is 20.1. The number of nitrogens with one attached hydrogen (secondary N) is 1. The number of likely N-dealkylation sites (tertiary alicyclic amines) is 1. The van der Waals surface area contributed by atoms with Crippen LogP contribution < -0.4 is 10.2 Å². The molecule has 6 heteroatoms. The van der Waals surface area contributed by atoms with E-state index in [9.17, 15) is 0 Å². The van der Waals surface area contributed by atoms with Crippen LogP contribution in [0.5, 0.6) is 0 Å². The molecule has 1 unspecified atom stereocenters. The molecule has 5 nitrogen and oxygen atoms in total. The third-order valence-electron chi connectivity index (χ3n) is 3.35. The van der Waals surface area contributed by atoms with E-state index < -0.39 is 0 Å². The highest BCUT2D eigenvalue weighted by molar-refractivity contribution is 7.80. The van der Waals surface area contributed by atoms with Crippen molar-refractivity contribution in [3.05, 3.63) is 12.4 Å². The molecular weight excluding hydrogens is 246 g/mol. The fraction of sp³-hybridized carbons (Fsp3) is 0.667. The van der Waals surface area contributed by atoms with Crippen LogP contribution in [0.4, 0.5) is 11.6 Å². The molecule has 1 aliphatic rings. The Labute approximate surface area is 114 Å². The first kappa shape index (κ1) is 13.4. The van der Waals surface area contributed by atoms with E-state index in [2.05, 4.69) is 51.8 Å². The number of hydrogen-bond acceptors (Lipinski definition) is 6. The van der Waals surface area contributed by atoms with Gasteiger partial charge in [0.2, 0.25) is 0 Å². The number of rotatable bonds is 5. The molecule has 1 N–H and O–H groups in total. The Morgan fingerprint density at radius 3 is 3.06 bits per heavy atom. The Kier molecular flexibility index (Phi) is 4.66. The van der Waals surface area contributed by atoms with Crippen molar-refractivity contribution in [2.45, 2.75) is 12.5 Å². The average Bonchev–Trinajstić information content (AvgIpc) is 2.82. The number of anilines is 2. The van der Waals surface area contributed by atoms with Gasteiger partial charge >= 0.3 is 0 Å². The Bertz CT molecular complexity index is 386. The van der Waals surface area contributed by atoms with E-state index in [0.717, 1.165) is 37.0 Å². The predicted octanol–water partition coefficient (Wildman–Crippen LogP) is 0.959. The second-order valence-corrected chi connectivity index (χ2v) is 5.17. The van der Waals surface area contributed by atoms with Crippen molar-refractivity contribution in [1.82, 2.24) is 14.9 Å². The monoisotopic (exact) mass is 267 g/mol. The number of hydrogen-bond donors (Lipinski definition) is 2. The van der Waals surface area contributed by atoms with Crippen molar-refractivity contribution in [3.8, 4) is 0 Å². The predicted molar refractivity (Wildman–Crippen MR) is 78.7 cm³/mol. The standard InChI is InChI=1S/C12H21N5S/c1-16-5-3-10(8-16)17(2)12-7-11(13-4-6-18)14-9-15-12/h7,9-10,18H,3-6,8H2,1-2H3,(H,13,14,15). The van der Waals surface area contributed by atoms with Gasteiger partial charge in [0.05, 0.1) is 0 Å². The number of likely N-dealkylation sites (N-methyl/N-ethyl adjacent to an activating group) is 2. The highest BCUT2D eigenvalue weighted by Crippen LogP contribution is 2.20. The van der Waals surface area contributed by atoms with Crippen LogP contribution in [-0.4, -0.2) is 60.4 Å². The molecule has 2 heterocycles. The summed E-state index contributed by atoms with van der Waals surface area (Å²) in [4.78, 5) is 13.2. The van der Waals surface area contributed by atoms with Crippen LogP contribution in [0.15, 0.2) is 12.4 Å². The minimum atomic E-state index is 0.544. The minimum Gasteiger partial charge on any atom is -0.369 e. The molecule has 0 radical (unpaired) electrons. The fourth-order valence-corrected chi connectivity index (χ4v) is 2.35. The van der Waals surface area contributed by atoms with E-state index >= 15 is 0 Å². The van der Waals surface area contributed by atoms with E-state index in [0.29, 0.717) is 6.04 Å². The van der Waals surface area contributed by atoms with Gasteiger partial charge in [0.25, 0.3) is 0 Å². The molecule has 0 aromatic carbocycles. The lowest BCUT2D eigenvalue weighted by molar-refractivity contribution is 0.409. The fourth-order valence-electron chi connectivity index (χ4n) is 2.24. The van der Waals surface area contributed by atoms with Crippen LogP contribution >= 0.6 is 12.6 Å². The molecule has 1 aliphatic heterocycles. The second kappa shape index (κ2) is 6.24. The summed E-state index contributed by atoms with van der Waals surface area (Å²) < 4.78 is 0. The number of aromatic nitrogens is 2. The van der Waals surface area contributed by atoms with Crippen molar-refractivity contribution in [1.29, 1.82) is 0 Å². The summed E-state index contributed by atoms with van der Waals surface area (Å²) in [6, 6.07) is 2.55. The van der Waals surface area contributed by atoms with Crippen molar-refractivity contribution >= 4 is 24.3 Å². The largest absolute Gasteiger partial charge is 0.369 e. The zero-order chi connectivity index (χ0) is 13.0. The summed E-state index contributed by atoms with van der Waals surface area (Å²) in [5.74, 6) is 2.64. The SMILES string of the molecule is CN1CCC(N(C)c2cc(NCCS)ncn2)C1. The van der Waals surface area contributed by atoms with Gasteiger partial charge in [-0.05, 0) is 20.0 Å². The highest BCUT2D eigenvalue weighted by Gasteiger charge is 2.24. The Morgan fingerprint density at radius 2 is 2.39 bits per heavy atom. The summed E-state index contributed by atoms with van der Waals surface area (Å²) in [6.07, 6.45) is 2.81. The maximum absolute atomic E-state index is 4.35. The molecule has 100 valence electrons. The van der Waals surface area contributed by atoms with Gasteiger partial charge in [-0.1, -0.05) is 0 Å². The van der Waals surface area contributed by atoms with E-state index in [1.807, 2.05) is 6.07 Å². The Hall–Kier alpha value is -1.01. The summed E-state index contributed by atoms with van der Waals surface area (Å²) in [5, 5.41) is 3.22. The van der Waals surface area contributed by atoms with E-state index in [1.54, 1.807) is 6.33 Å². The summed E-state index contributed by atoms with van der Waals surface area (Å²) >= 11 is 4.18. The molecular formula is C12H21N5S. The maximum atomic E-state index is 4.35. The molecule has 1 fully saturated rings. The van der Waals surface area contributed by atoms with Gasteiger partial charge in [-0.2, -0.15) is 12.6 Å². The average molecular weight is 267 g/mol. The highest BCUT2D eigenvalue weighted by atomic mass is 32.1. The van der Waals surface area contributed by atoms with Crippen LogP contribution in [-0.2, 0) is 0 Å². The van der Waals surface area contributed by atoms with Gasteiger partial charge in [-0.25, -0.2) is 9.97 Å². The van der Waals surface area contributed by atoms with Gasteiger partial charge in [0, 0.05) is 38.0 Å². The van der Waals surface area contributed by atoms with Crippen LogP contribution in [0.3, 0.4) is 0 Å². The van der Waals surface area contributed by atoms with Crippen molar-refractivity contribution in [3.63, 3.8) is 0 Å². The summed E-state index contributed by atoms with van der Waals surface area (Å²) in [6.45, 7) is 3.07. The molecule has 18 heavy (non-hydrogen) atoms. The first-order chi connectivity index (χ1) is 8.70. The maximum Gasteiger partial charge on any atom is 0.134 e. The van der Waals surface area contributed by atoms with Gasteiger partial charge in [0.15, 0.2) is 0 Å². The molecule has 0 bridgehead atoms. The van der Waals surface area contributed by atoms with Crippen LogP contribution in [0.2, 0.25) is 0 Å². The lowest BCUT2D eigenvalue weighted by Gasteiger charge is -2.25. The van der Waals surface area contributed by atoms with Gasteiger partial charge in [0.1, 0.15) is 18.0 Å². The lowest BCUT2D eigenvalue weighted by atomic mass is 10.2. The topological polar surface area (TPSA) is 44.3 Å². The van der Waals surface area contributed by atoms with Gasteiger partial charge < -0.3 is 15.1 Å². The number of nitrogens with zero attached hydrogens (tertiary/aromatic N) is 4. The van der Waals surface area contributed by atoms with Crippen molar-refractivity contribution < 1.29 is 0 Å². The first-order valence-corrected chi connectivity index (χ1v) is 6.92. The molecule has 0 amide bonds. The molecule has 1 aromatic heterocycles. The van der Waals surface area contributed by atoms with Crippen LogP contribution in [0.25, 0.3) is 0 Å². The van der Waals surface area contributed by atoms with E-state index in [1.165, 1.54) is 6.42 Å². The Morgan fingerprint density at radius 1 is 1.56 bits per heavy atom. The molecule has 2 rings (SSSR count). The summed E-state index contributed by atoms with van der Waals surface area (Å²) in [7, 11) is 4.27. The van der Waals surface area contributed by atoms with E-state index in [4.69, 9.17) is 0 Å². The third-order valence-corrected chi connectivity index (χ3v) is 3.57. The molecule has 1 saturated heterocycles.